The molecule has 0 bridgehead atoms. The van der Waals surface area contributed by atoms with Crippen LogP contribution in [0.15, 0.2) is 56.1 Å². The summed E-state index contributed by atoms with van der Waals surface area (Å²) < 4.78 is 11.7. The molecule has 2 aromatic carbocycles. The van der Waals surface area contributed by atoms with Crippen molar-refractivity contribution in [1.82, 2.24) is 4.90 Å². The van der Waals surface area contributed by atoms with Gasteiger partial charge in [0.05, 0.1) is 5.02 Å². The summed E-state index contributed by atoms with van der Waals surface area (Å²) in [5.41, 5.74) is 1.68. The quantitative estimate of drug-likeness (QED) is 0.535. The molecule has 7 heteroatoms. The first-order valence-electron chi connectivity index (χ1n) is 8.19. The molecule has 140 valence electrons. The van der Waals surface area contributed by atoms with Gasteiger partial charge in [-0.05, 0) is 30.2 Å². The van der Waals surface area contributed by atoms with Gasteiger partial charge in [0.15, 0.2) is 6.61 Å². The minimum Gasteiger partial charge on any atom is -0.482 e. The lowest BCUT2D eigenvalue weighted by Gasteiger charge is -2.18. The fraction of sp³-hybridized carbons (Fsp3) is 0.200. The van der Waals surface area contributed by atoms with Gasteiger partial charge >= 0.3 is 5.63 Å². The summed E-state index contributed by atoms with van der Waals surface area (Å²) in [5.74, 6) is 0.0909. The van der Waals surface area contributed by atoms with E-state index in [9.17, 15) is 9.59 Å². The van der Waals surface area contributed by atoms with Crippen molar-refractivity contribution in [3.05, 3.63) is 73.5 Å². The molecule has 1 aromatic heterocycles. The molecule has 0 unspecified atom stereocenters. The number of aryl methyl sites for hydroxylation is 1. The van der Waals surface area contributed by atoms with Crippen LogP contribution in [0.2, 0.25) is 5.02 Å². The molecule has 0 fully saturated rings. The third-order valence-corrected chi connectivity index (χ3v) is 5.22. The number of hydrogen-bond acceptors (Lipinski definition) is 4. The Morgan fingerprint density at radius 2 is 2.00 bits per heavy atom. The molecule has 0 radical (unpaired) electrons. The number of carbonyl (C=O) groups excluding carboxylic acids is 1. The highest BCUT2D eigenvalue weighted by Crippen LogP contribution is 2.31. The molecule has 0 N–H and O–H groups in total. The summed E-state index contributed by atoms with van der Waals surface area (Å²) in [6.45, 7) is 2.07. The maximum Gasteiger partial charge on any atom is 0.336 e. The molecule has 0 saturated heterocycles. The highest BCUT2D eigenvalue weighted by atomic mass is 79.9. The van der Waals surface area contributed by atoms with Crippen molar-refractivity contribution in [2.75, 3.05) is 13.7 Å². The Morgan fingerprint density at radius 3 is 2.74 bits per heavy atom. The Balaban J connectivity index is 1.72. The van der Waals surface area contributed by atoms with E-state index in [-0.39, 0.29) is 12.5 Å². The highest BCUT2D eigenvalue weighted by molar-refractivity contribution is 9.10. The second-order valence-corrected chi connectivity index (χ2v) is 7.42. The number of ether oxygens (including phenoxy) is 1. The van der Waals surface area contributed by atoms with Gasteiger partial charge in [-0.2, -0.15) is 0 Å². The fourth-order valence-electron chi connectivity index (χ4n) is 2.65. The number of nitrogens with zero attached hydrogens (tertiary/aromatic N) is 1. The van der Waals surface area contributed by atoms with E-state index in [2.05, 4.69) is 15.9 Å². The Kier molecular flexibility index (Phi) is 5.87. The molecule has 1 heterocycles. The van der Waals surface area contributed by atoms with E-state index in [0.717, 1.165) is 21.0 Å². The minimum atomic E-state index is -0.447. The molecule has 1 amide bonds. The van der Waals surface area contributed by atoms with Crippen LogP contribution in [0, 0.1) is 6.92 Å². The molecule has 3 aromatic rings. The molecule has 0 spiro atoms. The number of benzene rings is 2. The lowest BCUT2D eigenvalue weighted by atomic mass is 10.1. The second kappa shape index (κ2) is 8.15. The van der Waals surface area contributed by atoms with Crippen molar-refractivity contribution >= 4 is 44.4 Å². The smallest absolute Gasteiger partial charge is 0.336 e. The zero-order chi connectivity index (χ0) is 19.6. The summed E-state index contributed by atoms with van der Waals surface area (Å²) >= 11 is 9.72. The predicted molar refractivity (Wildman–Crippen MR) is 108 cm³/mol. The predicted octanol–water partition coefficient (Wildman–Crippen LogP) is 4.55. The van der Waals surface area contributed by atoms with Crippen LogP contribution in [0.4, 0.5) is 0 Å². The van der Waals surface area contributed by atoms with Gasteiger partial charge in [-0.25, -0.2) is 4.79 Å². The zero-order valence-corrected chi connectivity index (χ0v) is 17.1. The number of hydrogen-bond donors (Lipinski definition) is 0. The molecule has 0 aliphatic rings. The topological polar surface area (TPSA) is 59.8 Å². The number of fused-ring (bicyclic) bond motifs is 1. The van der Waals surface area contributed by atoms with Crippen LogP contribution < -0.4 is 10.4 Å². The minimum absolute atomic E-state index is 0.178. The van der Waals surface area contributed by atoms with E-state index < -0.39 is 5.63 Å². The summed E-state index contributed by atoms with van der Waals surface area (Å²) in [5, 5.41) is 1.07. The molecular weight excluding hydrogens is 434 g/mol. The molecule has 5 nitrogen and oxygen atoms in total. The van der Waals surface area contributed by atoms with Crippen molar-refractivity contribution < 1.29 is 13.9 Å². The van der Waals surface area contributed by atoms with Crippen LogP contribution in [-0.2, 0) is 11.3 Å². The van der Waals surface area contributed by atoms with Crippen LogP contribution in [0.1, 0.15) is 11.1 Å². The normalized spacial score (nSPS) is 10.8. The van der Waals surface area contributed by atoms with Crippen molar-refractivity contribution in [3.63, 3.8) is 0 Å². The van der Waals surface area contributed by atoms with Gasteiger partial charge in [0.1, 0.15) is 11.3 Å². The summed E-state index contributed by atoms with van der Waals surface area (Å²) in [6, 6.07) is 12.3. The van der Waals surface area contributed by atoms with Crippen LogP contribution in [0.25, 0.3) is 11.0 Å². The Bertz CT molecular complexity index is 1060. The highest BCUT2D eigenvalue weighted by Gasteiger charge is 2.14. The molecule has 0 aliphatic carbocycles. The average Bonchev–Trinajstić information content (AvgIpc) is 2.62. The van der Waals surface area contributed by atoms with E-state index in [0.29, 0.717) is 22.9 Å². The zero-order valence-electron chi connectivity index (χ0n) is 14.8. The first kappa shape index (κ1) is 19.5. The first-order valence-corrected chi connectivity index (χ1v) is 9.36. The average molecular weight is 451 g/mol. The van der Waals surface area contributed by atoms with E-state index >= 15 is 0 Å². The van der Waals surface area contributed by atoms with Crippen LogP contribution in [-0.4, -0.2) is 24.5 Å². The summed E-state index contributed by atoms with van der Waals surface area (Å²) in [4.78, 5) is 25.5. The van der Waals surface area contributed by atoms with E-state index in [1.165, 1.54) is 12.1 Å². The Morgan fingerprint density at radius 1 is 1.26 bits per heavy atom. The SMILES string of the molecule is Cc1cc(=O)oc2cc(OCC(=O)N(C)Cc3ccccc3Br)c(Cl)cc12. The molecule has 0 atom stereocenters. The van der Waals surface area contributed by atoms with Gasteiger partial charge in [-0.15, -0.1) is 0 Å². The van der Waals surface area contributed by atoms with Crippen LogP contribution in [0.5, 0.6) is 5.75 Å². The lowest BCUT2D eigenvalue weighted by molar-refractivity contribution is -0.132. The van der Waals surface area contributed by atoms with E-state index in [1.807, 2.05) is 24.3 Å². The first-order chi connectivity index (χ1) is 12.8. The van der Waals surface area contributed by atoms with Crippen LogP contribution in [0.3, 0.4) is 0 Å². The van der Waals surface area contributed by atoms with Gasteiger partial charge < -0.3 is 14.1 Å². The van der Waals surface area contributed by atoms with Crippen LogP contribution >= 0.6 is 27.5 Å². The van der Waals surface area contributed by atoms with Gasteiger partial charge in [-0.3, -0.25) is 4.79 Å². The van der Waals surface area contributed by atoms with Gasteiger partial charge in [0.25, 0.3) is 5.91 Å². The number of amides is 1. The summed E-state index contributed by atoms with van der Waals surface area (Å²) in [6.07, 6.45) is 0. The number of carbonyl (C=O) groups is 1. The third-order valence-electron chi connectivity index (χ3n) is 4.15. The van der Waals surface area contributed by atoms with E-state index in [1.54, 1.807) is 24.9 Å². The monoisotopic (exact) mass is 449 g/mol. The Hall–Kier alpha value is -2.31. The lowest BCUT2D eigenvalue weighted by Crippen LogP contribution is -2.31. The maximum atomic E-state index is 12.4. The summed E-state index contributed by atoms with van der Waals surface area (Å²) in [7, 11) is 1.70. The molecule has 3 rings (SSSR count). The van der Waals surface area contributed by atoms with E-state index in [4.69, 9.17) is 20.8 Å². The third kappa shape index (κ3) is 4.51. The number of rotatable bonds is 5. The van der Waals surface area contributed by atoms with Crippen molar-refractivity contribution in [3.8, 4) is 5.75 Å². The second-order valence-electron chi connectivity index (χ2n) is 6.16. The number of likely N-dealkylation sites (N-methyl/N-ethyl adjacent to an activating group) is 1. The molecule has 0 saturated carbocycles. The van der Waals surface area contributed by atoms with Crippen molar-refractivity contribution in [1.29, 1.82) is 0 Å². The van der Waals surface area contributed by atoms with Gasteiger partial charge in [0.2, 0.25) is 0 Å². The van der Waals surface area contributed by atoms with Crippen molar-refractivity contribution in [2.45, 2.75) is 13.5 Å². The molecule has 0 aliphatic heterocycles. The molecular formula is C20H17BrClNO4. The number of halogens is 2. The maximum absolute atomic E-state index is 12.4. The van der Waals surface area contributed by atoms with Gasteiger partial charge in [0, 0.05) is 35.6 Å². The van der Waals surface area contributed by atoms with Gasteiger partial charge in [-0.1, -0.05) is 45.7 Å². The standard InChI is InChI=1S/C20H17BrClNO4/c1-12-7-20(25)27-17-9-18(16(22)8-14(12)17)26-11-19(24)23(2)10-13-5-3-4-6-15(13)21/h3-9H,10-11H2,1-2H3. The largest absolute Gasteiger partial charge is 0.482 e. The fourth-order valence-corrected chi connectivity index (χ4v) is 3.28. The Labute approximate surface area is 169 Å². The molecule has 27 heavy (non-hydrogen) atoms. The van der Waals surface area contributed by atoms with Crippen molar-refractivity contribution in [2.24, 2.45) is 0 Å².